The number of ether oxygens (including phenoxy) is 2. The van der Waals surface area contributed by atoms with Crippen LogP contribution in [-0.4, -0.2) is 17.6 Å². The van der Waals surface area contributed by atoms with Gasteiger partial charge in [0.25, 0.3) is 0 Å². The largest absolute Gasteiger partial charge is 0.466 e. The zero-order valence-electron chi connectivity index (χ0n) is 13.6. The van der Waals surface area contributed by atoms with E-state index in [9.17, 15) is 10.1 Å². The molecular weight excluding hydrogens is 324 g/mol. The number of nitrogens with zero attached hydrogens (tertiary/aromatic N) is 2. The number of carbonyl (C=O) groups excluding carboxylic acids is 1. The fourth-order valence-electron chi connectivity index (χ4n) is 2.76. The molecule has 5 nitrogen and oxygen atoms in total. The van der Waals surface area contributed by atoms with Gasteiger partial charge in [-0.15, -0.1) is 11.3 Å². The Morgan fingerprint density at radius 2 is 2.04 bits per heavy atom. The lowest BCUT2D eigenvalue weighted by Crippen LogP contribution is -2.23. The van der Waals surface area contributed by atoms with Crippen molar-refractivity contribution in [3.05, 3.63) is 63.3 Å². The minimum absolute atomic E-state index is 0.367. The predicted octanol–water partition coefficient (Wildman–Crippen LogP) is 3.81. The van der Waals surface area contributed by atoms with E-state index in [4.69, 9.17) is 9.47 Å². The Balaban J connectivity index is 2.23. The van der Waals surface area contributed by atoms with Crippen molar-refractivity contribution in [3.63, 3.8) is 0 Å². The molecule has 3 heterocycles. The third-order valence-electron chi connectivity index (χ3n) is 3.85. The van der Waals surface area contributed by atoms with Gasteiger partial charge in [-0.05, 0) is 38.1 Å². The number of aromatic nitrogens is 1. The van der Waals surface area contributed by atoms with Crippen LogP contribution >= 0.6 is 11.3 Å². The quantitative estimate of drug-likeness (QED) is 0.797. The van der Waals surface area contributed by atoms with Crippen LogP contribution in [0.5, 0.6) is 0 Å². The molecule has 1 atom stereocenters. The summed E-state index contributed by atoms with van der Waals surface area (Å²) in [6, 6.07) is 9.85. The number of esters is 1. The molecule has 1 aliphatic heterocycles. The standard InChI is InChI=1S/C18H16N2O3S/c1-11-6-7-14(24-11)16-13(10-19)17(20-8-4-5-9-20)23-12(2)15(16)18(21)22-3/h4-9,16H,1-3H3/t16-/m1/s1. The van der Waals surface area contributed by atoms with Crippen LogP contribution in [0.2, 0.25) is 0 Å². The predicted molar refractivity (Wildman–Crippen MR) is 90.9 cm³/mol. The average molecular weight is 340 g/mol. The number of hydrogen-bond donors (Lipinski definition) is 0. The lowest BCUT2D eigenvalue weighted by Gasteiger charge is -2.27. The number of methoxy groups -OCH3 is 1. The van der Waals surface area contributed by atoms with Gasteiger partial charge in [0.2, 0.25) is 5.88 Å². The molecule has 0 bridgehead atoms. The van der Waals surface area contributed by atoms with Gasteiger partial charge >= 0.3 is 5.97 Å². The van der Waals surface area contributed by atoms with Crippen LogP contribution in [0.25, 0.3) is 5.88 Å². The van der Waals surface area contributed by atoms with E-state index in [-0.39, 0.29) is 0 Å². The topological polar surface area (TPSA) is 64.2 Å². The Kier molecular flexibility index (Phi) is 4.28. The maximum atomic E-state index is 12.3. The lowest BCUT2D eigenvalue weighted by atomic mass is 9.87. The number of thiophene rings is 1. The van der Waals surface area contributed by atoms with Crippen molar-refractivity contribution >= 4 is 23.2 Å². The van der Waals surface area contributed by atoms with Crippen LogP contribution < -0.4 is 0 Å². The number of nitriles is 1. The Morgan fingerprint density at radius 1 is 1.33 bits per heavy atom. The monoisotopic (exact) mass is 340 g/mol. The molecule has 0 aromatic carbocycles. The highest BCUT2D eigenvalue weighted by atomic mass is 32.1. The summed E-state index contributed by atoms with van der Waals surface area (Å²) in [5.41, 5.74) is 0.755. The summed E-state index contributed by atoms with van der Waals surface area (Å²) in [7, 11) is 1.33. The smallest absolute Gasteiger partial charge is 0.338 e. The fraction of sp³-hybridized carbons (Fsp3) is 0.222. The maximum absolute atomic E-state index is 12.3. The molecule has 0 N–H and O–H groups in total. The molecule has 3 rings (SSSR count). The highest BCUT2D eigenvalue weighted by Crippen LogP contribution is 2.44. The molecule has 2 aromatic heterocycles. The van der Waals surface area contributed by atoms with Crippen LogP contribution in [-0.2, 0) is 14.3 Å². The van der Waals surface area contributed by atoms with Gasteiger partial charge in [-0.25, -0.2) is 4.79 Å². The van der Waals surface area contributed by atoms with Crippen molar-refractivity contribution < 1.29 is 14.3 Å². The van der Waals surface area contributed by atoms with Crippen molar-refractivity contribution in [3.8, 4) is 6.07 Å². The zero-order chi connectivity index (χ0) is 17.3. The van der Waals surface area contributed by atoms with Crippen molar-refractivity contribution in [2.45, 2.75) is 19.8 Å². The summed E-state index contributed by atoms with van der Waals surface area (Å²) in [4.78, 5) is 14.4. The molecule has 2 aromatic rings. The molecule has 0 radical (unpaired) electrons. The van der Waals surface area contributed by atoms with Gasteiger partial charge in [0, 0.05) is 22.1 Å². The number of hydrogen-bond acceptors (Lipinski definition) is 5. The van der Waals surface area contributed by atoms with Gasteiger partial charge in [-0.3, -0.25) is 4.57 Å². The van der Waals surface area contributed by atoms with E-state index in [2.05, 4.69) is 6.07 Å². The first-order valence-electron chi connectivity index (χ1n) is 7.37. The van der Waals surface area contributed by atoms with Gasteiger partial charge in [0.15, 0.2) is 0 Å². The summed E-state index contributed by atoms with van der Waals surface area (Å²) in [6.07, 6.45) is 3.61. The van der Waals surface area contributed by atoms with E-state index >= 15 is 0 Å². The van der Waals surface area contributed by atoms with Crippen LogP contribution in [0.3, 0.4) is 0 Å². The highest BCUT2D eigenvalue weighted by molar-refractivity contribution is 7.12. The molecule has 0 aliphatic carbocycles. The molecule has 1 aliphatic rings. The van der Waals surface area contributed by atoms with Crippen LogP contribution in [0.1, 0.15) is 22.6 Å². The number of aryl methyl sites for hydroxylation is 1. The van der Waals surface area contributed by atoms with Crippen LogP contribution in [0.4, 0.5) is 0 Å². The molecule has 6 heteroatoms. The number of rotatable bonds is 3. The Hall–Kier alpha value is -2.78. The minimum Gasteiger partial charge on any atom is -0.466 e. The second-order valence-corrected chi connectivity index (χ2v) is 6.69. The molecule has 0 unspecified atom stereocenters. The van der Waals surface area contributed by atoms with E-state index < -0.39 is 11.9 Å². The number of allylic oxidation sites excluding steroid dienone is 2. The first-order valence-corrected chi connectivity index (χ1v) is 8.19. The average Bonchev–Trinajstić information content (AvgIpc) is 3.24. The molecule has 0 amide bonds. The van der Waals surface area contributed by atoms with Gasteiger partial charge < -0.3 is 9.47 Å². The lowest BCUT2D eigenvalue weighted by molar-refractivity contribution is -0.136. The van der Waals surface area contributed by atoms with Crippen molar-refractivity contribution in [2.24, 2.45) is 0 Å². The van der Waals surface area contributed by atoms with Crippen LogP contribution in [0.15, 0.2) is 53.6 Å². The molecule has 0 saturated heterocycles. The van der Waals surface area contributed by atoms with Gasteiger partial charge in [-0.1, -0.05) is 0 Å². The van der Waals surface area contributed by atoms with Crippen molar-refractivity contribution in [1.82, 2.24) is 4.57 Å². The van der Waals surface area contributed by atoms with E-state index in [1.165, 1.54) is 7.11 Å². The Bertz CT molecular complexity index is 882. The van der Waals surface area contributed by atoms with E-state index in [1.54, 1.807) is 35.2 Å². The molecule has 122 valence electrons. The third-order valence-corrected chi connectivity index (χ3v) is 4.91. The third kappa shape index (κ3) is 2.63. The van der Waals surface area contributed by atoms with Gasteiger partial charge in [0.1, 0.15) is 17.4 Å². The Labute approximate surface area is 144 Å². The van der Waals surface area contributed by atoms with E-state index in [1.807, 2.05) is 31.2 Å². The Morgan fingerprint density at radius 3 is 2.58 bits per heavy atom. The second kappa shape index (κ2) is 6.38. The van der Waals surface area contributed by atoms with Crippen molar-refractivity contribution in [1.29, 1.82) is 5.26 Å². The van der Waals surface area contributed by atoms with E-state index in [0.717, 1.165) is 9.75 Å². The molecule has 0 saturated carbocycles. The summed E-state index contributed by atoms with van der Waals surface area (Å²) >= 11 is 1.55. The summed E-state index contributed by atoms with van der Waals surface area (Å²) < 4.78 is 12.5. The van der Waals surface area contributed by atoms with Gasteiger partial charge in [-0.2, -0.15) is 5.26 Å². The second-order valence-electron chi connectivity index (χ2n) is 5.37. The summed E-state index contributed by atoms with van der Waals surface area (Å²) in [6.45, 7) is 3.71. The molecule has 0 spiro atoms. The summed E-state index contributed by atoms with van der Waals surface area (Å²) in [5.74, 6) is -0.112. The first-order chi connectivity index (χ1) is 11.6. The van der Waals surface area contributed by atoms with Crippen molar-refractivity contribution in [2.75, 3.05) is 7.11 Å². The van der Waals surface area contributed by atoms with Crippen LogP contribution in [0, 0.1) is 18.3 Å². The fourth-order valence-corrected chi connectivity index (χ4v) is 3.76. The molecular formula is C18H16N2O3S. The first kappa shape index (κ1) is 16.1. The highest BCUT2D eigenvalue weighted by Gasteiger charge is 2.37. The zero-order valence-corrected chi connectivity index (χ0v) is 14.4. The van der Waals surface area contributed by atoms with Gasteiger partial charge in [0.05, 0.1) is 18.6 Å². The van der Waals surface area contributed by atoms with E-state index in [0.29, 0.717) is 22.8 Å². The molecule has 0 fully saturated rings. The summed E-state index contributed by atoms with van der Waals surface area (Å²) in [5, 5.41) is 9.79. The number of carbonyl (C=O) groups is 1. The SMILES string of the molecule is COC(=O)C1=C(C)OC(n2cccc2)=C(C#N)[C@@H]1c1ccc(C)s1. The normalized spacial score (nSPS) is 17.5. The maximum Gasteiger partial charge on any atom is 0.338 e. The minimum atomic E-state index is -0.493. The molecule has 24 heavy (non-hydrogen) atoms.